The molecule has 1 amide bonds. The van der Waals surface area contributed by atoms with Gasteiger partial charge < -0.3 is 10.1 Å². The lowest BCUT2D eigenvalue weighted by molar-refractivity contribution is 0.0600. The Morgan fingerprint density at radius 1 is 1.00 bits per heavy atom. The summed E-state index contributed by atoms with van der Waals surface area (Å²) in [6.45, 7) is 0. The van der Waals surface area contributed by atoms with E-state index in [0.717, 1.165) is 5.56 Å². The molecule has 0 saturated heterocycles. The van der Waals surface area contributed by atoms with Gasteiger partial charge in [-0.2, -0.15) is 0 Å². The van der Waals surface area contributed by atoms with E-state index in [2.05, 4.69) is 31.9 Å². The van der Waals surface area contributed by atoms with Gasteiger partial charge in [0.2, 0.25) is 0 Å². The summed E-state index contributed by atoms with van der Waals surface area (Å²) in [5, 5.41) is 2.76. The van der Waals surface area contributed by atoms with Crippen molar-refractivity contribution in [2.75, 3.05) is 12.4 Å². The van der Waals surface area contributed by atoms with Gasteiger partial charge in [-0.1, -0.05) is 18.1 Å². The second kappa shape index (κ2) is 8.41. The lowest BCUT2D eigenvalue weighted by Gasteiger charge is -2.05. The van der Waals surface area contributed by atoms with Crippen LogP contribution in [0.1, 0.15) is 32.1 Å². The fourth-order valence-electron chi connectivity index (χ4n) is 2.21. The maximum atomic E-state index is 12.3. The fraction of sp³-hybridized carbons (Fsp3) is 0.0476. The summed E-state index contributed by atoms with van der Waals surface area (Å²) in [4.78, 5) is 31.9. The quantitative estimate of drug-likeness (QED) is 0.576. The molecule has 0 unspecified atom stereocenters. The number of carbonyl (C=O) groups excluding carboxylic acids is 2. The summed E-state index contributed by atoms with van der Waals surface area (Å²) in [5.41, 5.74) is 2.47. The number of nitrogens with one attached hydrogen (secondary N) is 1. The number of anilines is 1. The van der Waals surface area contributed by atoms with Crippen molar-refractivity contribution in [1.82, 2.24) is 9.97 Å². The number of nitrogens with zero attached hydrogens (tertiary/aromatic N) is 2. The first kappa shape index (κ1) is 17.8. The van der Waals surface area contributed by atoms with Crippen LogP contribution in [0.2, 0.25) is 0 Å². The molecule has 0 bridgehead atoms. The molecule has 0 spiro atoms. The van der Waals surface area contributed by atoms with Crippen molar-refractivity contribution in [1.29, 1.82) is 0 Å². The highest BCUT2D eigenvalue weighted by Gasteiger charge is 2.10. The van der Waals surface area contributed by atoms with Gasteiger partial charge in [-0.3, -0.25) is 9.78 Å². The van der Waals surface area contributed by atoms with E-state index in [1.165, 1.54) is 25.4 Å². The molecule has 2 heterocycles. The average molecular weight is 357 g/mol. The second-order valence-corrected chi connectivity index (χ2v) is 5.42. The molecule has 1 N–H and O–H groups in total. The van der Waals surface area contributed by atoms with Crippen molar-refractivity contribution < 1.29 is 14.3 Å². The topological polar surface area (TPSA) is 81.2 Å². The third-order valence-electron chi connectivity index (χ3n) is 3.54. The van der Waals surface area contributed by atoms with E-state index >= 15 is 0 Å². The molecule has 0 fully saturated rings. The van der Waals surface area contributed by atoms with Crippen molar-refractivity contribution in [3.63, 3.8) is 0 Å². The first-order chi connectivity index (χ1) is 13.2. The predicted octanol–water partition coefficient (Wildman–Crippen LogP) is 2.92. The Morgan fingerprint density at radius 2 is 1.89 bits per heavy atom. The summed E-state index contributed by atoms with van der Waals surface area (Å²) in [6, 6.07) is 15.6. The minimum absolute atomic E-state index is 0.188. The number of methoxy groups -OCH3 is 1. The van der Waals surface area contributed by atoms with E-state index in [1.54, 1.807) is 24.4 Å². The zero-order valence-corrected chi connectivity index (χ0v) is 14.5. The van der Waals surface area contributed by atoms with Crippen LogP contribution in [0.3, 0.4) is 0 Å². The van der Waals surface area contributed by atoms with Crippen LogP contribution in [0.4, 0.5) is 5.69 Å². The first-order valence-corrected chi connectivity index (χ1v) is 8.04. The Kier molecular flexibility index (Phi) is 5.55. The molecule has 3 rings (SSSR count). The minimum atomic E-state index is -0.506. The summed E-state index contributed by atoms with van der Waals surface area (Å²) in [5.74, 6) is 5.08. The third kappa shape index (κ3) is 4.77. The van der Waals surface area contributed by atoms with E-state index in [-0.39, 0.29) is 17.2 Å². The SMILES string of the molecule is COC(=O)c1ccc(C(=O)Nc2cccc(C#Cc3ccccn3)c2)nc1. The number of carbonyl (C=O) groups is 2. The maximum absolute atomic E-state index is 12.3. The van der Waals surface area contributed by atoms with Crippen LogP contribution in [-0.2, 0) is 4.74 Å². The van der Waals surface area contributed by atoms with Crippen molar-refractivity contribution in [2.45, 2.75) is 0 Å². The molecular weight excluding hydrogens is 342 g/mol. The molecule has 27 heavy (non-hydrogen) atoms. The predicted molar refractivity (Wildman–Crippen MR) is 100 cm³/mol. The number of pyridine rings is 2. The molecule has 0 radical (unpaired) electrons. The number of rotatable bonds is 3. The molecular formula is C21H15N3O3. The first-order valence-electron chi connectivity index (χ1n) is 8.04. The van der Waals surface area contributed by atoms with E-state index in [0.29, 0.717) is 11.4 Å². The molecule has 0 aliphatic heterocycles. The van der Waals surface area contributed by atoms with Gasteiger partial charge in [0.15, 0.2) is 0 Å². The minimum Gasteiger partial charge on any atom is -0.465 e. The van der Waals surface area contributed by atoms with Gasteiger partial charge in [-0.25, -0.2) is 9.78 Å². The van der Waals surface area contributed by atoms with E-state index in [1.807, 2.05) is 24.3 Å². The number of amides is 1. The highest BCUT2D eigenvalue weighted by atomic mass is 16.5. The smallest absolute Gasteiger partial charge is 0.339 e. The number of aromatic nitrogens is 2. The zero-order valence-electron chi connectivity index (χ0n) is 14.5. The second-order valence-electron chi connectivity index (χ2n) is 5.42. The molecule has 6 nitrogen and oxygen atoms in total. The lowest BCUT2D eigenvalue weighted by atomic mass is 10.2. The average Bonchev–Trinajstić information content (AvgIpc) is 2.73. The Hall–Kier alpha value is -3.98. The number of hydrogen-bond acceptors (Lipinski definition) is 5. The Balaban J connectivity index is 1.71. The zero-order chi connectivity index (χ0) is 19.1. The number of ether oxygens (including phenoxy) is 1. The van der Waals surface area contributed by atoms with Crippen LogP contribution in [0, 0.1) is 11.8 Å². The van der Waals surface area contributed by atoms with Crippen LogP contribution in [0.15, 0.2) is 67.0 Å². The molecule has 132 valence electrons. The summed E-state index contributed by atoms with van der Waals surface area (Å²) >= 11 is 0. The third-order valence-corrected chi connectivity index (χ3v) is 3.54. The van der Waals surface area contributed by atoms with Crippen molar-refractivity contribution in [2.24, 2.45) is 0 Å². The van der Waals surface area contributed by atoms with Crippen LogP contribution in [0.25, 0.3) is 0 Å². The van der Waals surface area contributed by atoms with Gasteiger partial charge in [-0.15, -0.1) is 0 Å². The normalized spacial score (nSPS) is 9.67. The number of esters is 1. The van der Waals surface area contributed by atoms with Gasteiger partial charge in [0, 0.05) is 23.6 Å². The maximum Gasteiger partial charge on any atom is 0.339 e. The summed E-state index contributed by atoms with van der Waals surface area (Å²) in [7, 11) is 1.28. The Labute approximate surface area is 156 Å². The Morgan fingerprint density at radius 3 is 2.59 bits per heavy atom. The highest BCUT2D eigenvalue weighted by Crippen LogP contribution is 2.12. The van der Waals surface area contributed by atoms with E-state index in [4.69, 9.17) is 0 Å². The molecule has 2 aromatic heterocycles. The molecule has 6 heteroatoms. The molecule has 0 aliphatic carbocycles. The summed E-state index contributed by atoms with van der Waals surface area (Å²) in [6.07, 6.45) is 2.98. The fourth-order valence-corrected chi connectivity index (χ4v) is 2.21. The summed E-state index contributed by atoms with van der Waals surface area (Å²) < 4.78 is 4.60. The van der Waals surface area contributed by atoms with Gasteiger partial charge >= 0.3 is 5.97 Å². The largest absolute Gasteiger partial charge is 0.465 e. The van der Waals surface area contributed by atoms with Gasteiger partial charge in [-0.05, 0) is 48.4 Å². The van der Waals surface area contributed by atoms with Gasteiger partial charge in [0.1, 0.15) is 11.4 Å². The van der Waals surface area contributed by atoms with Crippen LogP contribution in [0.5, 0.6) is 0 Å². The molecule has 0 aliphatic rings. The van der Waals surface area contributed by atoms with E-state index < -0.39 is 5.97 Å². The number of hydrogen-bond donors (Lipinski definition) is 1. The van der Waals surface area contributed by atoms with Gasteiger partial charge in [0.05, 0.1) is 12.7 Å². The highest BCUT2D eigenvalue weighted by molar-refractivity contribution is 6.03. The monoisotopic (exact) mass is 357 g/mol. The standard InChI is InChI=1S/C21H15N3O3/c1-27-21(26)16-9-11-19(23-14-16)20(25)24-18-7-4-5-15(13-18)8-10-17-6-2-3-12-22-17/h2-7,9,11-14H,1H3,(H,24,25). The van der Waals surface area contributed by atoms with Gasteiger partial charge in [0.25, 0.3) is 5.91 Å². The van der Waals surface area contributed by atoms with Crippen molar-refractivity contribution >= 4 is 17.6 Å². The van der Waals surface area contributed by atoms with Crippen LogP contribution >= 0.6 is 0 Å². The van der Waals surface area contributed by atoms with Crippen LogP contribution < -0.4 is 5.32 Å². The number of benzene rings is 1. The molecule has 0 saturated carbocycles. The molecule has 1 aromatic carbocycles. The van der Waals surface area contributed by atoms with Crippen LogP contribution in [-0.4, -0.2) is 29.0 Å². The lowest BCUT2D eigenvalue weighted by Crippen LogP contribution is -2.14. The van der Waals surface area contributed by atoms with Crippen molar-refractivity contribution in [3.8, 4) is 11.8 Å². The molecule has 0 atom stereocenters. The molecule has 3 aromatic rings. The van der Waals surface area contributed by atoms with Crippen molar-refractivity contribution in [3.05, 3.63) is 89.5 Å². The Bertz CT molecular complexity index is 1020. The van der Waals surface area contributed by atoms with E-state index in [9.17, 15) is 9.59 Å².